The smallest absolute Gasteiger partial charge is 0.136 e. The second kappa shape index (κ2) is 6.67. The first-order valence-electron chi connectivity index (χ1n) is 5.50. The van der Waals surface area contributed by atoms with E-state index in [0.29, 0.717) is 16.5 Å². The summed E-state index contributed by atoms with van der Waals surface area (Å²) in [5.41, 5.74) is 1.02. The van der Waals surface area contributed by atoms with Gasteiger partial charge in [0, 0.05) is 18.6 Å². The summed E-state index contributed by atoms with van der Waals surface area (Å²) in [4.78, 5) is 11.9. The fourth-order valence-corrected chi connectivity index (χ4v) is 1.39. The van der Waals surface area contributed by atoms with E-state index in [4.69, 9.17) is 9.68 Å². The molecular weight excluding hydrogens is 240 g/mol. The van der Waals surface area contributed by atoms with Crippen molar-refractivity contribution in [3.63, 3.8) is 0 Å². The number of nitrogens with zero attached hydrogens (tertiary/aromatic N) is 4. The Balaban J connectivity index is 2.79. The molecule has 0 saturated carbocycles. The van der Waals surface area contributed by atoms with Crippen LogP contribution >= 0.6 is 0 Å². The molecule has 0 unspecified atom stereocenters. The quantitative estimate of drug-likeness (QED) is 0.718. The predicted octanol–water partition coefficient (Wildman–Crippen LogP) is 2.74. The molecule has 1 aromatic heterocycles. The Morgan fingerprint density at radius 2 is 1.89 bits per heavy atom. The summed E-state index contributed by atoms with van der Waals surface area (Å²) in [6.45, 7) is 0. The van der Waals surface area contributed by atoms with E-state index in [1.54, 1.807) is 36.7 Å². The van der Waals surface area contributed by atoms with Gasteiger partial charge in [-0.15, -0.1) is 0 Å². The third kappa shape index (κ3) is 3.48. The lowest BCUT2D eigenvalue weighted by Gasteiger charge is -1.93. The Labute approximate surface area is 109 Å². The van der Waals surface area contributed by atoms with Crippen LogP contribution in [0.4, 0.5) is 0 Å². The third-order valence-corrected chi connectivity index (χ3v) is 2.21. The second-order valence-corrected chi connectivity index (χ2v) is 3.41. The highest BCUT2D eigenvalue weighted by molar-refractivity contribution is 5.81. The van der Waals surface area contributed by atoms with Crippen molar-refractivity contribution >= 4 is 11.0 Å². The average molecular weight is 250 g/mol. The van der Waals surface area contributed by atoms with E-state index < -0.39 is 0 Å². The molecular formula is C14H10N4O. The average Bonchev–Trinajstić information content (AvgIpc) is 2.47. The number of rotatable bonds is 0. The van der Waals surface area contributed by atoms with Crippen LogP contribution in [0.2, 0.25) is 0 Å². The standard InChI is InChI=1S/C14H10N4O/c15-9-12-3-1-4-14-13(12)10-18-11-17-6-2-5-16-7-8-19-14/h1-8,10-11H. The lowest BCUT2D eigenvalue weighted by molar-refractivity contribution is 0.604. The van der Waals surface area contributed by atoms with Gasteiger partial charge < -0.3 is 4.42 Å². The predicted molar refractivity (Wildman–Crippen MR) is 69.6 cm³/mol. The van der Waals surface area contributed by atoms with Crippen molar-refractivity contribution in [2.75, 3.05) is 0 Å². The molecule has 0 fully saturated rings. The van der Waals surface area contributed by atoms with E-state index in [9.17, 15) is 0 Å². The van der Waals surface area contributed by atoms with Crippen molar-refractivity contribution < 1.29 is 4.42 Å². The van der Waals surface area contributed by atoms with Gasteiger partial charge in [-0.2, -0.15) is 5.26 Å². The van der Waals surface area contributed by atoms with Crippen molar-refractivity contribution in [1.82, 2.24) is 15.0 Å². The lowest BCUT2D eigenvalue weighted by Crippen LogP contribution is -1.77. The van der Waals surface area contributed by atoms with Crippen LogP contribution in [0.5, 0.6) is 0 Å². The Morgan fingerprint density at radius 3 is 2.79 bits per heavy atom. The number of aromatic nitrogens is 3. The summed E-state index contributed by atoms with van der Waals surface area (Å²) in [6.07, 6.45) is 9.00. The molecule has 0 aliphatic carbocycles. The van der Waals surface area contributed by atoms with Gasteiger partial charge in [0.05, 0.1) is 23.2 Å². The lowest BCUT2D eigenvalue weighted by atomic mass is 10.1. The molecule has 0 aliphatic heterocycles. The van der Waals surface area contributed by atoms with E-state index >= 15 is 0 Å². The van der Waals surface area contributed by atoms with Crippen LogP contribution in [0, 0.1) is 11.3 Å². The SMILES string of the molecule is N#Cc1cccc2occncccncncc12. The minimum absolute atomic E-state index is 0.483. The molecule has 0 spiro atoms. The molecule has 5 heteroatoms. The third-order valence-electron chi connectivity index (χ3n) is 2.21. The largest absolute Gasteiger partial charge is 0.463 e. The second-order valence-electron chi connectivity index (χ2n) is 3.41. The van der Waals surface area contributed by atoms with Crippen LogP contribution < -0.4 is 0 Å². The molecule has 2 aromatic rings. The summed E-state index contributed by atoms with van der Waals surface area (Å²) in [6, 6.07) is 8.97. The Morgan fingerprint density at radius 1 is 1.00 bits per heavy atom. The zero-order valence-corrected chi connectivity index (χ0v) is 9.97. The minimum Gasteiger partial charge on any atom is -0.463 e. The summed E-state index contributed by atoms with van der Waals surface area (Å²) in [5, 5.41) is 9.68. The van der Waals surface area contributed by atoms with Gasteiger partial charge in [0.1, 0.15) is 18.2 Å². The van der Waals surface area contributed by atoms with Gasteiger partial charge in [0.15, 0.2) is 0 Å². The monoisotopic (exact) mass is 250 g/mol. The highest BCUT2D eigenvalue weighted by atomic mass is 16.3. The van der Waals surface area contributed by atoms with Gasteiger partial charge >= 0.3 is 0 Å². The first-order chi connectivity index (χ1) is 9.42. The molecule has 0 aliphatic rings. The van der Waals surface area contributed by atoms with Gasteiger partial charge in [-0.25, -0.2) is 9.97 Å². The number of hydrogen-bond acceptors (Lipinski definition) is 5. The van der Waals surface area contributed by atoms with Crippen molar-refractivity contribution in [2.45, 2.75) is 0 Å². The van der Waals surface area contributed by atoms with Gasteiger partial charge in [0.2, 0.25) is 0 Å². The van der Waals surface area contributed by atoms with Gasteiger partial charge in [0.25, 0.3) is 0 Å². The molecule has 0 saturated heterocycles. The minimum atomic E-state index is 0.483. The van der Waals surface area contributed by atoms with Gasteiger partial charge in [-0.1, -0.05) is 6.07 Å². The topological polar surface area (TPSA) is 75.6 Å². The molecule has 0 atom stereocenters. The number of fused-ring (bicyclic) bond motifs is 1. The van der Waals surface area contributed by atoms with Crippen molar-refractivity contribution in [1.29, 1.82) is 5.26 Å². The summed E-state index contributed by atoms with van der Waals surface area (Å²) >= 11 is 0. The molecule has 1 aromatic carbocycles. The maximum atomic E-state index is 9.07. The van der Waals surface area contributed by atoms with Crippen LogP contribution in [0.3, 0.4) is 0 Å². The van der Waals surface area contributed by atoms with E-state index in [0.717, 1.165) is 0 Å². The molecule has 92 valence electrons. The normalized spacial score (nSPS) is 9.00. The fourth-order valence-electron chi connectivity index (χ4n) is 1.39. The molecule has 1 heterocycles. The first kappa shape index (κ1) is 12.5. The zero-order chi connectivity index (χ0) is 13.3. The van der Waals surface area contributed by atoms with Crippen LogP contribution in [0.15, 0.2) is 66.1 Å². The van der Waals surface area contributed by atoms with Crippen molar-refractivity contribution in [3.05, 3.63) is 67.2 Å². The summed E-state index contributed by atoms with van der Waals surface area (Å²) in [5.74, 6) is 0. The Hall–Kier alpha value is -3.00. The Kier molecular flexibility index (Phi) is 4.37. The Bertz CT molecular complexity index is 716. The highest BCUT2D eigenvalue weighted by Crippen LogP contribution is 2.14. The maximum Gasteiger partial charge on any atom is 0.136 e. The highest BCUT2D eigenvalue weighted by Gasteiger charge is 1.97. The van der Waals surface area contributed by atoms with Crippen LogP contribution in [0.1, 0.15) is 5.56 Å². The molecule has 19 heavy (non-hydrogen) atoms. The molecule has 2 rings (SSSR count). The fraction of sp³-hybridized carbons (Fsp3) is 0. The van der Waals surface area contributed by atoms with E-state index in [2.05, 4.69) is 21.0 Å². The molecule has 5 nitrogen and oxygen atoms in total. The summed E-state index contributed by atoms with van der Waals surface area (Å²) in [7, 11) is 0. The van der Waals surface area contributed by atoms with Crippen molar-refractivity contribution in [2.24, 2.45) is 0 Å². The van der Waals surface area contributed by atoms with Crippen LogP contribution in [-0.4, -0.2) is 15.0 Å². The number of hydrogen-bond donors (Lipinski definition) is 0. The van der Waals surface area contributed by atoms with E-state index in [-0.39, 0.29) is 0 Å². The molecule has 0 radical (unpaired) electrons. The van der Waals surface area contributed by atoms with Gasteiger partial charge in [-0.05, 0) is 18.2 Å². The first-order valence-corrected chi connectivity index (χ1v) is 5.50. The maximum absolute atomic E-state index is 9.07. The van der Waals surface area contributed by atoms with Crippen LogP contribution in [0.25, 0.3) is 11.0 Å². The molecule has 0 N–H and O–H groups in total. The zero-order valence-electron chi connectivity index (χ0n) is 9.97. The van der Waals surface area contributed by atoms with Crippen LogP contribution in [-0.2, 0) is 0 Å². The van der Waals surface area contributed by atoms with Gasteiger partial charge in [-0.3, -0.25) is 4.98 Å². The van der Waals surface area contributed by atoms with E-state index in [1.165, 1.54) is 25.0 Å². The molecule has 0 bridgehead atoms. The summed E-state index contributed by atoms with van der Waals surface area (Å²) < 4.78 is 5.44. The van der Waals surface area contributed by atoms with E-state index in [1.807, 2.05) is 0 Å². The molecule has 0 amide bonds. The number of benzene rings is 1. The number of nitriles is 1. The van der Waals surface area contributed by atoms with Crippen molar-refractivity contribution in [3.8, 4) is 6.07 Å².